The molecular formula is C30H47BN2O. The number of nitrogens with zero attached hydrogens (tertiary/aromatic N) is 1. The van der Waals surface area contributed by atoms with Crippen molar-refractivity contribution in [3.8, 4) is 11.1 Å². The predicted octanol–water partition coefficient (Wildman–Crippen LogP) is 7.77. The van der Waals surface area contributed by atoms with Gasteiger partial charge >= 0.3 is 49.8 Å². The molecule has 0 fully saturated rings. The summed E-state index contributed by atoms with van der Waals surface area (Å²) in [6.45, 7) is 24.6. The van der Waals surface area contributed by atoms with Crippen LogP contribution < -0.4 is 5.32 Å². The Hall–Kier alpha value is -2.49. The standard InChI is InChI=1S/C20H25NO.C6H10BN.2C2H6/c1-13-9-17(16-8-7-14(2)15(3)11-16)12-18(10-13)19(22)21-20(4,5)6;1-5(2)6-3-4-7-8-6;2*1-2/h7-12H,1-6H3,(H,21,22);4-5H,3H2,1-2H3;2*1-2H3. The molecule has 0 atom stereocenters. The molecule has 1 amide bonds. The van der Waals surface area contributed by atoms with Crippen LogP contribution in [-0.2, 0) is 0 Å². The van der Waals surface area contributed by atoms with Crippen molar-refractivity contribution in [2.24, 2.45) is 10.8 Å². The minimum atomic E-state index is -0.235. The van der Waals surface area contributed by atoms with Crippen LogP contribution in [0.2, 0.25) is 0 Å². The molecule has 4 heteroatoms. The summed E-state index contributed by atoms with van der Waals surface area (Å²) < 4.78 is 0. The van der Waals surface area contributed by atoms with Crippen molar-refractivity contribution in [3.63, 3.8) is 0 Å². The van der Waals surface area contributed by atoms with Gasteiger partial charge in [0.15, 0.2) is 0 Å². The van der Waals surface area contributed by atoms with Crippen molar-refractivity contribution in [1.82, 2.24) is 5.32 Å². The first-order valence-corrected chi connectivity index (χ1v) is 12.7. The molecule has 0 saturated carbocycles. The van der Waals surface area contributed by atoms with Crippen molar-refractivity contribution in [2.45, 2.75) is 95.0 Å². The second-order valence-corrected chi connectivity index (χ2v) is 9.45. The van der Waals surface area contributed by atoms with Crippen LogP contribution in [0.4, 0.5) is 0 Å². The molecule has 0 bridgehead atoms. The molecule has 1 heterocycles. The number of amides is 1. The third-order valence-corrected chi connectivity index (χ3v) is 5.01. The summed E-state index contributed by atoms with van der Waals surface area (Å²) in [6, 6.07) is 12.4. The van der Waals surface area contributed by atoms with Crippen molar-refractivity contribution < 1.29 is 4.79 Å². The zero-order valence-corrected chi connectivity index (χ0v) is 23.8. The zero-order chi connectivity index (χ0) is 26.5. The summed E-state index contributed by atoms with van der Waals surface area (Å²) in [5.41, 5.74) is 7.66. The van der Waals surface area contributed by atoms with Crippen LogP contribution in [0.15, 0.2) is 41.3 Å². The van der Waals surface area contributed by atoms with E-state index < -0.39 is 0 Å². The number of hydrogen-bond acceptors (Lipinski definition) is 2. The van der Waals surface area contributed by atoms with Crippen LogP contribution in [0.5, 0.6) is 0 Å². The molecule has 0 aliphatic carbocycles. The van der Waals surface area contributed by atoms with E-state index in [-0.39, 0.29) is 11.4 Å². The topological polar surface area (TPSA) is 41.5 Å². The largest absolute Gasteiger partial charge is 0.347 e. The number of rotatable bonds is 3. The summed E-state index contributed by atoms with van der Waals surface area (Å²) in [6.07, 6.45) is 1.07. The average molecular weight is 463 g/mol. The van der Waals surface area contributed by atoms with E-state index in [1.165, 1.54) is 16.8 Å². The number of aryl methyl sites for hydroxylation is 3. The molecule has 186 valence electrons. The van der Waals surface area contributed by atoms with Gasteiger partial charge in [0.25, 0.3) is 5.91 Å². The first-order chi connectivity index (χ1) is 16.0. The monoisotopic (exact) mass is 462 g/mol. The Morgan fingerprint density at radius 3 is 1.97 bits per heavy atom. The Bertz CT molecular complexity index is 966. The van der Waals surface area contributed by atoms with E-state index in [2.05, 4.69) is 68.1 Å². The second kappa shape index (κ2) is 15.4. The van der Waals surface area contributed by atoms with E-state index in [1.807, 2.05) is 74.6 Å². The molecule has 2 aromatic carbocycles. The van der Waals surface area contributed by atoms with Crippen LogP contribution in [0.3, 0.4) is 0 Å². The number of hydrogen-bond donors (Lipinski definition) is 1. The van der Waals surface area contributed by atoms with Gasteiger partial charge in [-0.3, -0.25) is 4.79 Å². The van der Waals surface area contributed by atoms with Gasteiger partial charge in [-0.1, -0.05) is 52.0 Å². The summed E-state index contributed by atoms with van der Waals surface area (Å²) >= 11 is 0. The summed E-state index contributed by atoms with van der Waals surface area (Å²) in [5, 5.41) is 3.02. The molecule has 1 aliphatic rings. The Morgan fingerprint density at radius 1 is 0.912 bits per heavy atom. The average Bonchev–Trinajstić information content (AvgIpc) is 3.33. The SMILES string of the molecule is CC.CC.CC(C)C1=NB=CC1.Cc1cc(C(=O)NC(C)(C)C)cc(-c2ccc(C)c(C)c2)c1. The van der Waals surface area contributed by atoms with Gasteiger partial charge in [-0.25, -0.2) is 0 Å². The Morgan fingerprint density at radius 2 is 1.53 bits per heavy atom. The molecule has 0 spiro atoms. The normalized spacial score (nSPS) is 11.6. The fraction of sp³-hybridized carbons (Fsp3) is 0.500. The van der Waals surface area contributed by atoms with Gasteiger partial charge in [-0.2, -0.15) is 0 Å². The van der Waals surface area contributed by atoms with Gasteiger partial charge in [0.2, 0.25) is 0 Å². The maximum Gasteiger partial charge on any atom is 0.251 e. The smallest absolute Gasteiger partial charge is 0.251 e. The van der Waals surface area contributed by atoms with Gasteiger partial charge < -0.3 is 5.32 Å². The molecule has 3 rings (SSSR count). The van der Waals surface area contributed by atoms with Gasteiger partial charge in [-0.15, -0.1) is 0 Å². The van der Waals surface area contributed by atoms with Gasteiger partial charge in [0.1, 0.15) is 0 Å². The quantitative estimate of drug-likeness (QED) is 0.465. The van der Waals surface area contributed by atoms with E-state index >= 15 is 0 Å². The minimum Gasteiger partial charge on any atom is -0.347 e. The maximum absolute atomic E-state index is 12.4. The van der Waals surface area contributed by atoms with E-state index in [0.29, 0.717) is 11.5 Å². The number of carbonyl (C=O) groups excluding carboxylic acids is 1. The molecule has 0 unspecified atom stereocenters. The molecule has 2 aromatic rings. The van der Waals surface area contributed by atoms with Crippen molar-refractivity contribution in [3.05, 3.63) is 58.7 Å². The third kappa shape index (κ3) is 11.1. The Balaban J connectivity index is 0.000000755. The van der Waals surface area contributed by atoms with Crippen molar-refractivity contribution in [1.29, 1.82) is 0 Å². The van der Waals surface area contributed by atoms with Crippen LogP contribution in [0.1, 0.15) is 95.8 Å². The number of benzene rings is 2. The third-order valence-electron chi connectivity index (χ3n) is 5.01. The molecule has 0 radical (unpaired) electrons. The zero-order valence-electron chi connectivity index (χ0n) is 23.8. The Labute approximate surface area is 210 Å². The van der Waals surface area contributed by atoms with Crippen LogP contribution in [0.25, 0.3) is 11.1 Å². The molecule has 0 saturated heterocycles. The minimum absolute atomic E-state index is 0.0266. The maximum atomic E-state index is 12.4. The molecule has 0 aromatic heterocycles. The number of carbonyl (C=O) groups is 1. The molecule has 34 heavy (non-hydrogen) atoms. The molecule has 3 nitrogen and oxygen atoms in total. The molecular weight excluding hydrogens is 415 g/mol. The molecule has 1 aliphatic heterocycles. The van der Waals surface area contributed by atoms with Gasteiger partial charge in [-0.05, 0) is 81.5 Å². The van der Waals surface area contributed by atoms with Crippen LogP contribution >= 0.6 is 0 Å². The van der Waals surface area contributed by atoms with E-state index in [9.17, 15) is 4.79 Å². The van der Waals surface area contributed by atoms with E-state index in [0.717, 1.165) is 23.1 Å². The van der Waals surface area contributed by atoms with Crippen molar-refractivity contribution in [2.75, 3.05) is 0 Å². The fourth-order valence-corrected chi connectivity index (χ4v) is 3.17. The first-order valence-electron chi connectivity index (χ1n) is 12.7. The van der Waals surface area contributed by atoms with Gasteiger partial charge in [0.05, 0.1) is 0 Å². The Kier molecular flexibility index (Phi) is 14.3. The number of nitrogens with one attached hydrogen (secondary N) is 1. The molecule has 1 N–H and O–H groups in total. The van der Waals surface area contributed by atoms with Crippen molar-refractivity contribution >= 4 is 24.6 Å². The van der Waals surface area contributed by atoms with Crippen LogP contribution in [0, 0.1) is 26.7 Å². The summed E-state index contributed by atoms with van der Waals surface area (Å²) in [7, 11) is 1.88. The van der Waals surface area contributed by atoms with Crippen LogP contribution in [-0.4, -0.2) is 30.2 Å². The predicted molar refractivity (Wildman–Crippen MR) is 155 cm³/mol. The first kappa shape index (κ1) is 31.5. The summed E-state index contributed by atoms with van der Waals surface area (Å²) in [5.74, 6) is 2.70. The second-order valence-electron chi connectivity index (χ2n) is 9.45. The van der Waals surface area contributed by atoms with E-state index in [1.54, 1.807) is 0 Å². The van der Waals surface area contributed by atoms with Gasteiger partial charge in [0, 0.05) is 11.1 Å². The fourth-order valence-electron chi connectivity index (χ4n) is 3.17. The summed E-state index contributed by atoms with van der Waals surface area (Å²) in [4.78, 5) is 16.6. The van der Waals surface area contributed by atoms with E-state index in [4.69, 9.17) is 0 Å².